The van der Waals surface area contributed by atoms with Crippen molar-refractivity contribution in [3.8, 4) is 0 Å². The van der Waals surface area contributed by atoms with E-state index >= 15 is 0 Å². The molecule has 0 spiro atoms. The van der Waals surface area contributed by atoms with E-state index in [0.717, 1.165) is 0 Å². The van der Waals surface area contributed by atoms with E-state index in [1.807, 2.05) is 0 Å². The molecule has 16 heteroatoms. The zero-order valence-corrected chi connectivity index (χ0v) is 35.3. The van der Waals surface area contributed by atoms with E-state index < -0.39 is 97.5 Å². The summed E-state index contributed by atoms with van der Waals surface area (Å²) in [6, 6.07) is 40.7. The van der Waals surface area contributed by atoms with Crippen LogP contribution in [0.5, 0.6) is 0 Å². The maximum atomic E-state index is 13.9. The van der Waals surface area contributed by atoms with Crippen LogP contribution in [-0.2, 0) is 37.9 Å². The van der Waals surface area contributed by atoms with Gasteiger partial charge in [0, 0.05) is 16.7 Å². The standard InChI is InChI=1S/C49H45N3O13/c1-30-37(28-51-52-50)59-49(42(64-47(57)36-26-16-7-17-27-36)39(30)61-44(54)33-20-10-4-11-21-33)65-48-31(2)40(62-45(55)34-22-12-5-13-23-34)41(63-46(56)35-24-14-6-15-25-35)38(60-48)29-58-43(53)32-18-8-3-9-19-32/h3-27,30-31,37-42,48-49H,28-29H2,1-2H3/t30-,31?,37?,38?,39+,40?,41-,42?,48-,49-/m1/s1. The highest BCUT2D eigenvalue weighted by Crippen LogP contribution is 2.38. The molecular weight excluding hydrogens is 839 g/mol. The molecule has 334 valence electrons. The van der Waals surface area contributed by atoms with Gasteiger partial charge in [0.15, 0.2) is 18.5 Å². The molecule has 0 bridgehead atoms. The van der Waals surface area contributed by atoms with Gasteiger partial charge in [0.2, 0.25) is 6.29 Å². The summed E-state index contributed by atoms with van der Waals surface area (Å²) in [5.41, 5.74) is 10.3. The van der Waals surface area contributed by atoms with Crippen LogP contribution >= 0.6 is 0 Å². The van der Waals surface area contributed by atoms with Crippen molar-refractivity contribution in [2.45, 2.75) is 63.1 Å². The summed E-state index contributed by atoms with van der Waals surface area (Å²) in [5.74, 6) is -5.59. The van der Waals surface area contributed by atoms with E-state index in [0.29, 0.717) is 0 Å². The van der Waals surface area contributed by atoms with Crippen molar-refractivity contribution >= 4 is 29.8 Å². The zero-order valence-electron chi connectivity index (χ0n) is 35.3. The predicted molar refractivity (Wildman–Crippen MR) is 230 cm³/mol. The summed E-state index contributed by atoms with van der Waals surface area (Å²) in [7, 11) is 0. The molecule has 0 saturated carbocycles. The van der Waals surface area contributed by atoms with Crippen LogP contribution in [0.1, 0.15) is 65.6 Å². The van der Waals surface area contributed by atoms with Crippen molar-refractivity contribution in [3.63, 3.8) is 0 Å². The summed E-state index contributed by atoms with van der Waals surface area (Å²) >= 11 is 0. The first-order valence-electron chi connectivity index (χ1n) is 20.8. The number of nitrogens with zero attached hydrogens (tertiary/aromatic N) is 3. The smallest absolute Gasteiger partial charge is 0.338 e. The minimum absolute atomic E-state index is 0.168. The third kappa shape index (κ3) is 11.4. The molecule has 0 N–H and O–H groups in total. The molecule has 7 rings (SSSR count). The minimum atomic E-state index is -1.61. The second-order valence-corrected chi connectivity index (χ2v) is 15.3. The fourth-order valence-corrected chi connectivity index (χ4v) is 7.43. The van der Waals surface area contributed by atoms with E-state index in [2.05, 4.69) is 10.0 Å². The van der Waals surface area contributed by atoms with Gasteiger partial charge in [-0.15, -0.1) is 0 Å². The molecule has 2 saturated heterocycles. The molecule has 10 atom stereocenters. The molecule has 2 fully saturated rings. The van der Waals surface area contributed by atoms with E-state index in [-0.39, 0.29) is 34.4 Å². The van der Waals surface area contributed by atoms with Crippen molar-refractivity contribution in [1.29, 1.82) is 0 Å². The molecule has 2 aliphatic rings. The number of esters is 5. The summed E-state index contributed by atoms with van der Waals surface area (Å²) in [6.07, 6.45) is -10.9. The number of azide groups is 1. The van der Waals surface area contributed by atoms with Crippen molar-refractivity contribution in [2.24, 2.45) is 17.0 Å². The Balaban J connectivity index is 1.27. The molecule has 0 aliphatic carbocycles. The first-order valence-corrected chi connectivity index (χ1v) is 20.8. The predicted octanol–water partition coefficient (Wildman–Crippen LogP) is 7.79. The Hall–Kier alpha value is -7.36. The minimum Gasteiger partial charge on any atom is -0.459 e. The maximum absolute atomic E-state index is 13.9. The van der Waals surface area contributed by atoms with Crippen LogP contribution in [0, 0.1) is 11.8 Å². The number of hydrogen-bond acceptors (Lipinski definition) is 14. The summed E-state index contributed by atoms with van der Waals surface area (Å²) < 4.78 is 49.8. The van der Waals surface area contributed by atoms with Crippen molar-refractivity contribution in [3.05, 3.63) is 190 Å². The van der Waals surface area contributed by atoms with Gasteiger partial charge in [-0.1, -0.05) is 110 Å². The van der Waals surface area contributed by atoms with Gasteiger partial charge in [0.05, 0.1) is 40.5 Å². The quantitative estimate of drug-likeness (QED) is 0.0324. The van der Waals surface area contributed by atoms with Gasteiger partial charge in [-0.25, -0.2) is 24.0 Å². The topological polar surface area (TPSA) is 208 Å². The monoisotopic (exact) mass is 883 g/mol. The molecule has 2 aliphatic heterocycles. The molecule has 0 radical (unpaired) electrons. The van der Waals surface area contributed by atoms with Crippen LogP contribution in [0.3, 0.4) is 0 Å². The summed E-state index contributed by atoms with van der Waals surface area (Å²) in [6.45, 7) is 2.52. The van der Waals surface area contributed by atoms with Gasteiger partial charge >= 0.3 is 29.8 Å². The maximum Gasteiger partial charge on any atom is 0.338 e. The average Bonchev–Trinajstić information content (AvgIpc) is 3.35. The van der Waals surface area contributed by atoms with Crippen molar-refractivity contribution in [1.82, 2.24) is 0 Å². The van der Waals surface area contributed by atoms with Gasteiger partial charge in [0.1, 0.15) is 24.9 Å². The Bertz CT molecular complexity index is 2440. The normalized spacial score (nSPS) is 24.8. The Morgan fingerprint density at radius 1 is 0.477 bits per heavy atom. The lowest BCUT2D eigenvalue weighted by atomic mass is 9.89. The van der Waals surface area contributed by atoms with Crippen LogP contribution in [0.2, 0.25) is 0 Å². The van der Waals surface area contributed by atoms with Gasteiger partial charge in [-0.2, -0.15) is 0 Å². The van der Waals surface area contributed by atoms with Crippen molar-refractivity contribution in [2.75, 3.05) is 13.2 Å². The molecule has 5 aromatic rings. The zero-order chi connectivity index (χ0) is 45.7. The Morgan fingerprint density at radius 2 is 0.831 bits per heavy atom. The van der Waals surface area contributed by atoms with E-state index in [1.54, 1.807) is 153 Å². The van der Waals surface area contributed by atoms with Gasteiger partial charge < -0.3 is 37.9 Å². The number of carbonyl (C=O) groups is 5. The Morgan fingerprint density at radius 3 is 1.25 bits per heavy atom. The second kappa shape index (κ2) is 21.8. The second-order valence-electron chi connectivity index (χ2n) is 15.3. The molecule has 16 nitrogen and oxygen atoms in total. The highest BCUT2D eigenvalue weighted by molar-refractivity contribution is 5.92. The van der Waals surface area contributed by atoms with Crippen LogP contribution < -0.4 is 0 Å². The van der Waals surface area contributed by atoms with E-state index in [1.165, 1.54) is 12.1 Å². The van der Waals surface area contributed by atoms with E-state index in [9.17, 15) is 29.5 Å². The lowest BCUT2D eigenvalue weighted by molar-refractivity contribution is -0.360. The molecular formula is C49H45N3O13. The fourth-order valence-electron chi connectivity index (χ4n) is 7.43. The van der Waals surface area contributed by atoms with Crippen LogP contribution in [0.4, 0.5) is 0 Å². The Kier molecular flexibility index (Phi) is 15.3. The first-order chi connectivity index (χ1) is 31.6. The van der Waals surface area contributed by atoms with Gasteiger partial charge in [-0.3, -0.25) is 0 Å². The molecule has 0 aromatic heterocycles. The van der Waals surface area contributed by atoms with Crippen LogP contribution in [0.25, 0.3) is 10.4 Å². The Labute approximate surface area is 373 Å². The fraction of sp³-hybridized carbons (Fsp3) is 0.286. The molecule has 2 heterocycles. The molecule has 5 unspecified atom stereocenters. The molecule has 5 aromatic carbocycles. The number of carbonyl (C=O) groups excluding carboxylic acids is 5. The highest BCUT2D eigenvalue weighted by atomic mass is 16.8. The van der Waals surface area contributed by atoms with Crippen LogP contribution in [-0.4, -0.2) is 92.2 Å². The third-order valence-electron chi connectivity index (χ3n) is 10.9. The van der Waals surface area contributed by atoms with Gasteiger partial charge in [-0.05, 0) is 66.2 Å². The number of ether oxygens (including phenoxy) is 8. The summed E-state index contributed by atoms with van der Waals surface area (Å²) in [4.78, 5) is 71.4. The molecule has 0 amide bonds. The van der Waals surface area contributed by atoms with Crippen LogP contribution in [0.15, 0.2) is 157 Å². The third-order valence-corrected chi connectivity index (χ3v) is 10.9. The first kappa shape index (κ1) is 45.7. The summed E-state index contributed by atoms with van der Waals surface area (Å²) in [5, 5.41) is 3.73. The largest absolute Gasteiger partial charge is 0.459 e. The van der Waals surface area contributed by atoms with E-state index in [4.69, 9.17) is 37.9 Å². The number of rotatable bonds is 15. The van der Waals surface area contributed by atoms with Gasteiger partial charge in [0.25, 0.3) is 0 Å². The average molecular weight is 884 g/mol. The molecule has 65 heavy (non-hydrogen) atoms. The lowest BCUT2D eigenvalue weighted by Gasteiger charge is -2.48. The number of hydrogen-bond donors (Lipinski definition) is 0. The lowest BCUT2D eigenvalue weighted by Crippen LogP contribution is -2.62. The van der Waals surface area contributed by atoms with Crippen molar-refractivity contribution < 1.29 is 61.9 Å². The SMILES string of the molecule is CC1C(OC(=O)c2ccccc2)[C@H](OC(=O)c2ccccc2)C(COC(=O)c2ccccc2)O[C@@H]1O[C@H]1OC(CN=[N+]=[N-])[C@@H](C)[C@H](OC(=O)c2ccccc2)C1OC(=O)c1ccccc1. The highest BCUT2D eigenvalue weighted by Gasteiger charge is 2.54. The number of benzene rings is 5.